The SMILES string of the molecule is N#CCc1c[nH]c(NC2C(=O)N3C(C(=O)O)=C(CSc4c[nH]nn4)CS[C@@H]23)n1. The van der Waals surface area contributed by atoms with Crippen molar-refractivity contribution in [1.82, 2.24) is 30.3 Å². The predicted molar refractivity (Wildman–Crippen MR) is 100 cm³/mol. The Kier molecular flexibility index (Phi) is 4.97. The molecule has 0 spiro atoms. The van der Waals surface area contributed by atoms with E-state index < -0.39 is 12.0 Å². The monoisotopic (exact) mass is 418 g/mol. The van der Waals surface area contributed by atoms with Crippen molar-refractivity contribution in [2.24, 2.45) is 0 Å². The van der Waals surface area contributed by atoms with Crippen LogP contribution in [0.4, 0.5) is 5.95 Å². The molecule has 2 atom stereocenters. The zero-order chi connectivity index (χ0) is 19.7. The molecule has 0 aliphatic carbocycles. The fraction of sp³-hybridized carbons (Fsp3) is 0.333. The number of aromatic amines is 2. The lowest BCUT2D eigenvalue weighted by atomic mass is 10.0. The summed E-state index contributed by atoms with van der Waals surface area (Å²) in [7, 11) is 0. The van der Waals surface area contributed by atoms with Crippen molar-refractivity contribution in [1.29, 1.82) is 5.26 Å². The van der Waals surface area contributed by atoms with E-state index in [0.717, 1.165) is 0 Å². The summed E-state index contributed by atoms with van der Waals surface area (Å²) in [6, 6.07) is 1.43. The lowest BCUT2D eigenvalue weighted by Crippen LogP contribution is -2.67. The van der Waals surface area contributed by atoms with Crippen molar-refractivity contribution in [3.63, 3.8) is 0 Å². The van der Waals surface area contributed by atoms with Gasteiger partial charge in [-0.05, 0) is 5.57 Å². The number of carboxylic acids is 1. The predicted octanol–water partition coefficient (Wildman–Crippen LogP) is 0.420. The van der Waals surface area contributed by atoms with Crippen LogP contribution in [-0.2, 0) is 16.0 Å². The van der Waals surface area contributed by atoms with Gasteiger partial charge in [-0.3, -0.25) is 14.8 Å². The smallest absolute Gasteiger partial charge is 0.352 e. The molecule has 0 bridgehead atoms. The lowest BCUT2D eigenvalue weighted by Gasteiger charge is -2.49. The minimum absolute atomic E-state index is 0.0346. The topological polar surface area (TPSA) is 164 Å². The maximum Gasteiger partial charge on any atom is 0.352 e. The minimum Gasteiger partial charge on any atom is -0.477 e. The third kappa shape index (κ3) is 3.32. The molecule has 2 aromatic rings. The van der Waals surface area contributed by atoms with Crippen molar-refractivity contribution in [2.45, 2.75) is 22.9 Å². The van der Waals surface area contributed by atoms with Gasteiger partial charge in [0.1, 0.15) is 22.1 Å². The third-order valence-corrected chi connectivity index (χ3v) is 6.55. The van der Waals surface area contributed by atoms with Crippen LogP contribution in [0.1, 0.15) is 5.69 Å². The number of aliphatic carboxylic acids is 1. The number of carboxylic acid groups (broad SMARTS) is 1. The van der Waals surface area contributed by atoms with E-state index in [-0.39, 0.29) is 23.4 Å². The first-order chi connectivity index (χ1) is 13.6. The first-order valence-corrected chi connectivity index (χ1v) is 10.2. The van der Waals surface area contributed by atoms with Crippen LogP contribution in [0.25, 0.3) is 0 Å². The number of fused-ring (bicyclic) bond motifs is 1. The molecule has 4 N–H and O–H groups in total. The molecule has 4 heterocycles. The second kappa shape index (κ2) is 7.56. The van der Waals surface area contributed by atoms with Gasteiger partial charge in [-0.15, -0.1) is 16.9 Å². The maximum absolute atomic E-state index is 12.7. The van der Waals surface area contributed by atoms with Gasteiger partial charge in [0, 0.05) is 17.7 Å². The zero-order valence-corrected chi connectivity index (χ0v) is 15.9. The van der Waals surface area contributed by atoms with Gasteiger partial charge >= 0.3 is 5.97 Å². The van der Waals surface area contributed by atoms with Crippen LogP contribution >= 0.6 is 23.5 Å². The molecule has 144 valence electrons. The number of nitriles is 1. The molecule has 2 aliphatic rings. The normalized spacial score (nSPS) is 21.1. The summed E-state index contributed by atoms with van der Waals surface area (Å²) in [4.78, 5) is 32.9. The number of anilines is 1. The van der Waals surface area contributed by atoms with E-state index in [1.165, 1.54) is 28.4 Å². The molecule has 0 aromatic carbocycles. The van der Waals surface area contributed by atoms with E-state index >= 15 is 0 Å². The Morgan fingerprint density at radius 3 is 3.11 bits per heavy atom. The van der Waals surface area contributed by atoms with Crippen molar-refractivity contribution in [3.05, 3.63) is 29.4 Å². The number of H-pyrrole nitrogens is 2. The van der Waals surface area contributed by atoms with Gasteiger partial charge in [0.15, 0.2) is 0 Å². The Morgan fingerprint density at radius 1 is 1.54 bits per heavy atom. The van der Waals surface area contributed by atoms with Gasteiger partial charge in [-0.2, -0.15) is 5.26 Å². The van der Waals surface area contributed by atoms with Crippen LogP contribution < -0.4 is 5.32 Å². The Morgan fingerprint density at radius 2 is 2.39 bits per heavy atom. The van der Waals surface area contributed by atoms with Crippen LogP contribution in [0, 0.1) is 11.3 Å². The first-order valence-electron chi connectivity index (χ1n) is 8.15. The number of rotatable bonds is 7. The van der Waals surface area contributed by atoms with Crippen LogP contribution in [0.3, 0.4) is 0 Å². The second-order valence-corrected chi connectivity index (χ2v) is 8.07. The molecule has 1 unspecified atom stereocenters. The molecule has 4 rings (SSSR count). The number of nitrogens with one attached hydrogen (secondary N) is 3. The molecule has 2 aromatic heterocycles. The highest BCUT2D eigenvalue weighted by Crippen LogP contribution is 2.42. The fourth-order valence-electron chi connectivity index (χ4n) is 2.97. The molecule has 1 saturated heterocycles. The summed E-state index contributed by atoms with van der Waals surface area (Å²) < 4.78 is 0. The highest BCUT2D eigenvalue weighted by atomic mass is 32.2. The summed E-state index contributed by atoms with van der Waals surface area (Å²) in [5.74, 6) is -0.154. The second-order valence-electron chi connectivity index (χ2n) is 5.96. The molecular weight excluding hydrogens is 404 g/mol. The van der Waals surface area contributed by atoms with Gasteiger partial charge in [-0.1, -0.05) is 17.0 Å². The van der Waals surface area contributed by atoms with E-state index in [0.29, 0.717) is 33.7 Å². The summed E-state index contributed by atoms with van der Waals surface area (Å²) in [5.41, 5.74) is 1.28. The first kappa shape index (κ1) is 18.4. The van der Waals surface area contributed by atoms with E-state index in [1.807, 2.05) is 6.07 Å². The van der Waals surface area contributed by atoms with Crippen molar-refractivity contribution < 1.29 is 14.7 Å². The zero-order valence-electron chi connectivity index (χ0n) is 14.2. The Labute approximate surface area is 167 Å². The van der Waals surface area contributed by atoms with Gasteiger partial charge < -0.3 is 15.4 Å². The summed E-state index contributed by atoms with van der Waals surface area (Å²) in [5, 5.41) is 31.8. The third-order valence-electron chi connectivity index (χ3n) is 4.22. The average molecular weight is 418 g/mol. The number of thioether (sulfide) groups is 2. The average Bonchev–Trinajstić information content (AvgIpc) is 3.35. The van der Waals surface area contributed by atoms with Gasteiger partial charge in [0.2, 0.25) is 5.95 Å². The van der Waals surface area contributed by atoms with Gasteiger partial charge in [0.25, 0.3) is 5.91 Å². The summed E-state index contributed by atoms with van der Waals surface area (Å²) >= 11 is 2.86. The maximum atomic E-state index is 12.7. The molecule has 11 nitrogen and oxygen atoms in total. The number of carbonyl (C=O) groups is 2. The number of carbonyl (C=O) groups excluding carboxylic acids is 1. The van der Waals surface area contributed by atoms with E-state index in [4.69, 9.17) is 5.26 Å². The summed E-state index contributed by atoms with van der Waals surface area (Å²) in [6.45, 7) is 0. The fourth-order valence-corrected chi connectivity index (χ4v) is 5.24. The van der Waals surface area contributed by atoms with E-state index in [1.54, 1.807) is 12.4 Å². The lowest BCUT2D eigenvalue weighted by molar-refractivity contribution is -0.147. The minimum atomic E-state index is -1.12. The standard InChI is InChI=1S/C15H14N8O3S2/c16-2-1-8-3-17-15(19-8)20-10-12(24)23-11(14(25)26)7(6-28-13(10)23)5-27-9-4-18-22-21-9/h3-4,10,13H,1,5-6H2,(H,25,26)(H2,17,19,20)(H,18,21,22)/t10?,13-/m0/s1. The Hall–Kier alpha value is -2.98. The molecule has 13 heteroatoms. The van der Waals surface area contributed by atoms with Crippen LogP contribution in [-0.4, -0.2) is 70.2 Å². The van der Waals surface area contributed by atoms with Crippen molar-refractivity contribution >= 4 is 41.3 Å². The molecule has 1 fully saturated rings. The highest BCUT2D eigenvalue weighted by Gasteiger charge is 2.53. The van der Waals surface area contributed by atoms with Gasteiger partial charge in [-0.25, -0.2) is 9.78 Å². The quantitative estimate of drug-likeness (QED) is 0.366. The van der Waals surface area contributed by atoms with E-state index in [9.17, 15) is 14.7 Å². The molecule has 28 heavy (non-hydrogen) atoms. The van der Waals surface area contributed by atoms with Gasteiger partial charge in [0.05, 0.1) is 24.4 Å². The van der Waals surface area contributed by atoms with Crippen molar-refractivity contribution in [2.75, 3.05) is 16.8 Å². The number of nitrogens with zero attached hydrogens (tertiary/aromatic N) is 5. The number of amides is 1. The molecule has 2 aliphatic heterocycles. The van der Waals surface area contributed by atoms with E-state index in [2.05, 4.69) is 30.7 Å². The molecule has 0 saturated carbocycles. The number of hydrogen-bond acceptors (Lipinski definition) is 9. The molecule has 1 amide bonds. The number of imidazole rings is 1. The van der Waals surface area contributed by atoms with Crippen LogP contribution in [0.5, 0.6) is 0 Å². The summed E-state index contributed by atoms with van der Waals surface area (Å²) in [6.07, 6.45) is 3.39. The Balaban J connectivity index is 1.48. The number of aromatic nitrogens is 5. The highest BCUT2D eigenvalue weighted by molar-refractivity contribution is 8.01. The number of β-lactam (4-membered cyclic amide) rings is 1. The van der Waals surface area contributed by atoms with Crippen molar-refractivity contribution in [3.8, 4) is 6.07 Å². The number of hydrogen-bond donors (Lipinski definition) is 4. The molecular formula is C15H14N8O3S2. The molecule has 0 radical (unpaired) electrons. The Bertz CT molecular complexity index is 980. The van der Waals surface area contributed by atoms with Crippen LogP contribution in [0.15, 0.2) is 28.7 Å². The largest absolute Gasteiger partial charge is 0.477 e. The van der Waals surface area contributed by atoms with Crippen LogP contribution in [0.2, 0.25) is 0 Å².